The van der Waals surface area contributed by atoms with Crippen LogP contribution in [0.3, 0.4) is 0 Å². The summed E-state index contributed by atoms with van der Waals surface area (Å²) in [6, 6.07) is 25.9. The van der Waals surface area contributed by atoms with Crippen LogP contribution >= 0.6 is 0 Å². The summed E-state index contributed by atoms with van der Waals surface area (Å²) in [7, 11) is 1.81. The van der Waals surface area contributed by atoms with Gasteiger partial charge in [-0.3, -0.25) is 9.59 Å². The number of imide groups is 1. The molecule has 0 saturated carbocycles. The van der Waals surface area contributed by atoms with Gasteiger partial charge in [-0.15, -0.1) is 0 Å². The number of anilines is 2. The van der Waals surface area contributed by atoms with Crippen molar-refractivity contribution in [3.05, 3.63) is 96.2 Å². The maximum atomic E-state index is 13.6. The first kappa shape index (κ1) is 20.4. The number of benzene rings is 3. The van der Waals surface area contributed by atoms with Crippen LogP contribution < -0.4 is 14.5 Å². The molecule has 1 aliphatic heterocycles. The van der Waals surface area contributed by atoms with Crippen molar-refractivity contribution in [3.8, 4) is 5.75 Å². The highest BCUT2D eigenvalue weighted by Crippen LogP contribution is 2.36. The Balaban J connectivity index is 1.77. The zero-order valence-electron chi connectivity index (χ0n) is 17.8. The fraction of sp³-hybridized carbons (Fsp3) is 0.154. The lowest BCUT2D eigenvalue weighted by molar-refractivity contribution is -0.120. The zero-order chi connectivity index (χ0) is 22.0. The van der Waals surface area contributed by atoms with E-state index in [1.54, 1.807) is 29.2 Å². The minimum Gasteiger partial charge on any atom is -0.491 e. The van der Waals surface area contributed by atoms with Crippen molar-refractivity contribution in [1.82, 2.24) is 0 Å². The summed E-state index contributed by atoms with van der Waals surface area (Å²) in [6.07, 6.45) is 0.0402. The maximum Gasteiger partial charge on any atom is 0.282 e. The van der Waals surface area contributed by atoms with Crippen LogP contribution in [-0.4, -0.2) is 25.0 Å². The molecule has 0 aromatic heterocycles. The van der Waals surface area contributed by atoms with Crippen LogP contribution in [0.5, 0.6) is 5.75 Å². The fourth-order valence-electron chi connectivity index (χ4n) is 3.66. The summed E-state index contributed by atoms with van der Waals surface area (Å²) in [4.78, 5) is 30.1. The van der Waals surface area contributed by atoms with Gasteiger partial charge in [-0.1, -0.05) is 48.5 Å². The van der Waals surface area contributed by atoms with E-state index in [0.29, 0.717) is 28.3 Å². The molecule has 5 heteroatoms. The molecule has 3 aromatic rings. The predicted molar refractivity (Wildman–Crippen MR) is 123 cm³/mol. The minimum absolute atomic E-state index is 0.0402. The summed E-state index contributed by atoms with van der Waals surface area (Å²) < 4.78 is 5.69. The number of nitrogens with zero attached hydrogens (tertiary/aromatic N) is 2. The number of ether oxygens (including phenoxy) is 1. The number of hydrogen-bond acceptors (Lipinski definition) is 4. The smallest absolute Gasteiger partial charge is 0.282 e. The second-order valence-electron chi connectivity index (χ2n) is 7.59. The summed E-state index contributed by atoms with van der Waals surface area (Å²) in [5.41, 5.74) is 2.79. The van der Waals surface area contributed by atoms with Crippen LogP contribution in [0.2, 0.25) is 0 Å². The molecule has 156 valence electrons. The van der Waals surface area contributed by atoms with Crippen molar-refractivity contribution in [3.63, 3.8) is 0 Å². The van der Waals surface area contributed by atoms with Crippen molar-refractivity contribution >= 4 is 28.8 Å². The number of hydrogen-bond donors (Lipinski definition) is 0. The van der Waals surface area contributed by atoms with Crippen molar-refractivity contribution < 1.29 is 14.3 Å². The molecular weight excluding hydrogens is 388 g/mol. The molecule has 3 aromatic carbocycles. The van der Waals surface area contributed by atoms with E-state index < -0.39 is 0 Å². The van der Waals surface area contributed by atoms with E-state index in [-0.39, 0.29) is 17.9 Å². The van der Waals surface area contributed by atoms with Gasteiger partial charge < -0.3 is 9.64 Å². The third kappa shape index (κ3) is 3.94. The average molecular weight is 412 g/mol. The van der Waals surface area contributed by atoms with Crippen molar-refractivity contribution in [2.24, 2.45) is 0 Å². The summed E-state index contributed by atoms with van der Waals surface area (Å²) >= 11 is 0. The van der Waals surface area contributed by atoms with Gasteiger partial charge in [0.1, 0.15) is 11.4 Å². The predicted octanol–water partition coefficient (Wildman–Crippen LogP) is 4.89. The van der Waals surface area contributed by atoms with Gasteiger partial charge >= 0.3 is 0 Å². The van der Waals surface area contributed by atoms with Crippen LogP contribution in [0.15, 0.2) is 90.6 Å². The number of para-hydroxylation sites is 1. The number of rotatable bonds is 6. The van der Waals surface area contributed by atoms with E-state index in [1.165, 1.54) is 4.90 Å². The van der Waals surface area contributed by atoms with Crippen LogP contribution in [-0.2, 0) is 9.59 Å². The molecule has 0 spiro atoms. The quantitative estimate of drug-likeness (QED) is 0.541. The first-order valence-corrected chi connectivity index (χ1v) is 10.2. The fourth-order valence-corrected chi connectivity index (χ4v) is 3.66. The average Bonchev–Trinajstić information content (AvgIpc) is 3.04. The molecule has 2 amide bonds. The van der Waals surface area contributed by atoms with Gasteiger partial charge in [0, 0.05) is 12.7 Å². The molecule has 31 heavy (non-hydrogen) atoms. The van der Waals surface area contributed by atoms with Gasteiger partial charge in [0.05, 0.1) is 17.4 Å². The van der Waals surface area contributed by atoms with E-state index in [1.807, 2.05) is 81.6 Å². The maximum absolute atomic E-state index is 13.6. The van der Waals surface area contributed by atoms with Gasteiger partial charge in [-0.25, -0.2) is 4.90 Å². The van der Waals surface area contributed by atoms with E-state index in [0.717, 1.165) is 5.69 Å². The summed E-state index contributed by atoms with van der Waals surface area (Å²) in [6.45, 7) is 3.90. The third-order valence-corrected chi connectivity index (χ3v) is 5.07. The number of carbonyl (C=O) groups excluding carboxylic acids is 2. The van der Waals surface area contributed by atoms with E-state index >= 15 is 0 Å². The minimum atomic E-state index is -0.354. The molecule has 0 N–H and O–H groups in total. The molecule has 0 saturated heterocycles. The monoisotopic (exact) mass is 412 g/mol. The van der Waals surface area contributed by atoms with Crippen LogP contribution in [0.25, 0.3) is 5.57 Å². The van der Waals surface area contributed by atoms with Crippen LogP contribution in [0, 0.1) is 0 Å². The van der Waals surface area contributed by atoms with Crippen LogP contribution in [0.4, 0.5) is 11.4 Å². The Morgan fingerprint density at radius 1 is 0.774 bits per heavy atom. The second kappa shape index (κ2) is 8.48. The van der Waals surface area contributed by atoms with Crippen molar-refractivity contribution in [1.29, 1.82) is 0 Å². The van der Waals surface area contributed by atoms with Gasteiger partial charge in [0.25, 0.3) is 11.8 Å². The summed E-state index contributed by atoms with van der Waals surface area (Å²) in [5.74, 6) is -0.00467. The number of likely N-dealkylation sites (N-methyl/N-ethyl adjacent to an activating group) is 1. The molecule has 0 unspecified atom stereocenters. The Hall–Kier alpha value is -3.86. The standard InChI is InChI=1S/C26H24N2O3/c1-18(2)31-22-16-14-21(15-17-22)28-25(29)23(19-10-6-4-7-11-19)24(26(28)30)27(3)20-12-8-5-9-13-20/h4-18H,1-3H3. The first-order chi connectivity index (χ1) is 15.0. The molecule has 0 radical (unpaired) electrons. The lowest BCUT2D eigenvalue weighted by Crippen LogP contribution is -2.34. The number of amides is 2. The molecule has 4 rings (SSSR count). The zero-order valence-corrected chi connectivity index (χ0v) is 17.8. The largest absolute Gasteiger partial charge is 0.491 e. The highest BCUT2D eigenvalue weighted by molar-refractivity contribution is 6.46. The molecule has 0 atom stereocenters. The molecule has 1 aliphatic rings. The summed E-state index contributed by atoms with van der Waals surface area (Å²) in [5, 5.41) is 0. The second-order valence-corrected chi connectivity index (χ2v) is 7.59. The molecule has 1 heterocycles. The van der Waals surface area contributed by atoms with Gasteiger partial charge in [-0.2, -0.15) is 0 Å². The van der Waals surface area contributed by atoms with Gasteiger partial charge in [-0.05, 0) is 55.8 Å². The first-order valence-electron chi connectivity index (χ1n) is 10.2. The third-order valence-electron chi connectivity index (χ3n) is 5.07. The number of carbonyl (C=O) groups is 2. The topological polar surface area (TPSA) is 49.9 Å². The van der Waals surface area contributed by atoms with Gasteiger partial charge in [0.15, 0.2) is 0 Å². The Labute approximate surface area is 182 Å². The van der Waals surface area contributed by atoms with E-state index in [2.05, 4.69) is 0 Å². The molecular formula is C26H24N2O3. The molecule has 0 bridgehead atoms. The van der Waals surface area contributed by atoms with E-state index in [4.69, 9.17) is 4.74 Å². The SMILES string of the molecule is CC(C)Oc1ccc(N2C(=O)C(c3ccccc3)=C(N(C)c3ccccc3)C2=O)cc1. The van der Waals surface area contributed by atoms with Crippen LogP contribution in [0.1, 0.15) is 19.4 Å². The highest BCUT2D eigenvalue weighted by atomic mass is 16.5. The van der Waals surface area contributed by atoms with Gasteiger partial charge in [0.2, 0.25) is 0 Å². The lowest BCUT2D eigenvalue weighted by Gasteiger charge is -2.21. The Bertz CT molecular complexity index is 1120. The Morgan fingerprint density at radius 2 is 1.35 bits per heavy atom. The Morgan fingerprint density at radius 3 is 1.94 bits per heavy atom. The lowest BCUT2D eigenvalue weighted by atomic mass is 10.0. The van der Waals surface area contributed by atoms with Crippen molar-refractivity contribution in [2.45, 2.75) is 20.0 Å². The highest BCUT2D eigenvalue weighted by Gasteiger charge is 2.42. The van der Waals surface area contributed by atoms with E-state index in [9.17, 15) is 9.59 Å². The molecule has 0 fully saturated rings. The molecule has 5 nitrogen and oxygen atoms in total. The normalized spacial score (nSPS) is 13.9. The Kier molecular flexibility index (Phi) is 5.58. The molecule has 0 aliphatic carbocycles. The van der Waals surface area contributed by atoms with Crippen molar-refractivity contribution in [2.75, 3.05) is 16.8 Å².